The number of allylic oxidation sites excluding steroid dienone is 1. The van der Waals surface area contributed by atoms with Crippen molar-refractivity contribution in [3.8, 4) is 5.75 Å². The minimum atomic E-state index is -0.480. The minimum Gasteiger partial charge on any atom is -0.496 e. The van der Waals surface area contributed by atoms with E-state index in [1.54, 1.807) is 19.2 Å². The number of rotatable bonds is 8. The summed E-state index contributed by atoms with van der Waals surface area (Å²) in [6.45, 7) is 3.00. The molecule has 0 saturated heterocycles. The Balaban J connectivity index is 1.76. The number of hydrogen-bond acceptors (Lipinski definition) is 7. The maximum atomic E-state index is 13.4. The number of carbonyl (C=O) groups is 1. The van der Waals surface area contributed by atoms with E-state index in [4.69, 9.17) is 37.7 Å². The molecule has 1 atom stereocenters. The van der Waals surface area contributed by atoms with Gasteiger partial charge in [-0.15, -0.1) is 0 Å². The number of amidine groups is 1. The summed E-state index contributed by atoms with van der Waals surface area (Å²) in [5, 5.41) is 1.83. The Labute approximate surface area is 220 Å². The van der Waals surface area contributed by atoms with Gasteiger partial charge in [-0.25, -0.2) is 9.79 Å². The van der Waals surface area contributed by atoms with Crippen LogP contribution in [-0.2, 0) is 9.53 Å². The van der Waals surface area contributed by atoms with Gasteiger partial charge in [-0.3, -0.25) is 0 Å². The SMILES string of the molecule is COc1ccccc1C1C(C(=O)OCCCN(C)C)=C(C)N=C2SC(c3c(Cl)cccc3Cl)=CN21. The van der Waals surface area contributed by atoms with Gasteiger partial charge in [0.1, 0.15) is 5.75 Å². The van der Waals surface area contributed by atoms with Crippen LogP contribution in [0.3, 0.4) is 0 Å². The Kier molecular flexibility index (Phi) is 8.12. The largest absolute Gasteiger partial charge is 0.496 e. The van der Waals surface area contributed by atoms with Crippen molar-refractivity contribution in [3.63, 3.8) is 0 Å². The minimum absolute atomic E-state index is 0.327. The molecule has 2 aromatic rings. The topological polar surface area (TPSA) is 54.4 Å². The Hall–Kier alpha value is -2.45. The van der Waals surface area contributed by atoms with Crippen molar-refractivity contribution in [1.82, 2.24) is 9.80 Å². The van der Waals surface area contributed by atoms with E-state index in [9.17, 15) is 4.79 Å². The molecule has 0 aliphatic carbocycles. The number of thioether (sulfide) groups is 1. The second-order valence-corrected chi connectivity index (χ2v) is 10.3. The van der Waals surface area contributed by atoms with Crippen molar-refractivity contribution in [3.05, 3.63) is 81.1 Å². The van der Waals surface area contributed by atoms with Crippen molar-refractivity contribution >= 4 is 51.0 Å². The van der Waals surface area contributed by atoms with Gasteiger partial charge in [0.05, 0.1) is 41.1 Å². The molecule has 0 radical (unpaired) electrons. The van der Waals surface area contributed by atoms with E-state index in [0.29, 0.717) is 33.7 Å². The number of methoxy groups -OCH3 is 1. The van der Waals surface area contributed by atoms with E-state index < -0.39 is 6.04 Å². The van der Waals surface area contributed by atoms with E-state index in [1.807, 2.05) is 62.5 Å². The first-order valence-electron chi connectivity index (χ1n) is 11.2. The summed E-state index contributed by atoms with van der Waals surface area (Å²) in [4.78, 5) is 23.0. The van der Waals surface area contributed by atoms with Crippen molar-refractivity contribution in [2.24, 2.45) is 4.99 Å². The molecule has 0 saturated carbocycles. The molecule has 2 aliphatic rings. The summed E-state index contributed by atoms with van der Waals surface area (Å²) in [5.41, 5.74) is 2.66. The zero-order valence-corrected chi connectivity index (χ0v) is 22.4. The zero-order chi connectivity index (χ0) is 25.1. The van der Waals surface area contributed by atoms with Crippen LogP contribution < -0.4 is 4.74 Å². The molecule has 0 amide bonds. The quantitative estimate of drug-likeness (QED) is 0.297. The fourth-order valence-electron chi connectivity index (χ4n) is 4.09. The van der Waals surface area contributed by atoms with Gasteiger partial charge in [-0.05, 0) is 57.4 Å². The number of benzene rings is 2. The molecule has 0 bridgehead atoms. The molecule has 184 valence electrons. The molecule has 35 heavy (non-hydrogen) atoms. The van der Waals surface area contributed by atoms with Gasteiger partial charge in [0, 0.05) is 28.8 Å². The van der Waals surface area contributed by atoms with Crippen molar-refractivity contribution < 1.29 is 14.3 Å². The maximum absolute atomic E-state index is 13.4. The molecular weight excluding hydrogens is 505 g/mol. The van der Waals surface area contributed by atoms with E-state index in [2.05, 4.69) is 4.90 Å². The van der Waals surface area contributed by atoms with Crippen LogP contribution in [0.25, 0.3) is 4.91 Å². The lowest BCUT2D eigenvalue weighted by atomic mass is 9.94. The van der Waals surface area contributed by atoms with Gasteiger partial charge in [0.2, 0.25) is 0 Å². The highest BCUT2D eigenvalue weighted by atomic mass is 35.5. The normalized spacial score (nSPS) is 17.3. The summed E-state index contributed by atoms with van der Waals surface area (Å²) in [7, 11) is 5.60. The smallest absolute Gasteiger partial charge is 0.338 e. The number of ether oxygens (including phenoxy) is 2. The molecular formula is C26H27Cl2N3O3S. The Morgan fingerprint density at radius 1 is 1.14 bits per heavy atom. The molecule has 1 unspecified atom stereocenters. The van der Waals surface area contributed by atoms with Crippen LogP contribution in [0.1, 0.15) is 30.5 Å². The Morgan fingerprint density at radius 3 is 2.54 bits per heavy atom. The van der Waals surface area contributed by atoms with E-state index in [-0.39, 0.29) is 5.97 Å². The van der Waals surface area contributed by atoms with Gasteiger partial charge >= 0.3 is 5.97 Å². The average Bonchev–Trinajstić information content (AvgIpc) is 3.23. The maximum Gasteiger partial charge on any atom is 0.338 e. The van der Waals surface area contributed by atoms with Gasteiger partial charge in [-0.2, -0.15) is 0 Å². The number of para-hydroxylation sites is 1. The van der Waals surface area contributed by atoms with Crippen LogP contribution in [0, 0.1) is 0 Å². The van der Waals surface area contributed by atoms with Gasteiger partial charge < -0.3 is 19.3 Å². The second kappa shape index (κ2) is 11.1. The lowest BCUT2D eigenvalue weighted by Gasteiger charge is -2.34. The van der Waals surface area contributed by atoms with Crippen LogP contribution >= 0.6 is 35.0 Å². The molecule has 9 heteroatoms. The van der Waals surface area contributed by atoms with Crippen molar-refractivity contribution in [2.75, 3.05) is 34.4 Å². The number of nitrogens with zero attached hydrogens (tertiary/aromatic N) is 3. The highest BCUT2D eigenvalue weighted by Gasteiger charge is 2.41. The molecule has 4 rings (SSSR count). The number of carbonyl (C=O) groups excluding carboxylic acids is 1. The number of fused-ring (bicyclic) bond motifs is 1. The zero-order valence-electron chi connectivity index (χ0n) is 20.0. The van der Waals surface area contributed by atoms with E-state index in [0.717, 1.165) is 34.2 Å². The highest BCUT2D eigenvalue weighted by Crippen LogP contribution is 2.50. The van der Waals surface area contributed by atoms with E-state index in [1.165, 1.54) is 11.8 Å². The number of hydrogen-bond donors (Lipinski definition) is 0. The molecule has 0 aromatic heterocycles. The third kappa shape index (κ3) is 5.38. The highest BCUT2D eigenvalue weighted by molar-refractivity contribution is 8.22. The summed E-state index contributed by atoms with van der Waals surface area (Å²) in [5.74, 6) is 0.287. The summed E-state index contributed by atoms with van der Waals surface area (Å²) >= 11 is 14.5. The third-order valence-corrected chi connectivity index (χ3v) is 7.37. The van der Waals surface area contributed by atoms with Gasteiger partial charge in [0.15, 0.2) is 5.17 Å². The molecule has 0 fully saturated rings. The van der Waals surface area contributed by atoms with Gasteiger partial charge in [0.25, 0.3) is 0 Å². The Morgan fingerprint density at radius 2 is 1.86 bits per heavy atom. The van der Waals surface area contributed by atoms with Crippen molar-refractivity contribution in [1.29, 1.82) is 0 Å². The first-order chi connectivity index (χ1) is 16.8. The summed E-state index contributed by atoms with van der Waals surface area (Å²) in [6, 6.07) is 12.6. The molecule has 2 aromatic carbocycles. The van der Waals surface area contributed by atoms with Crippen molar-refractivity contribution in [2.45, 2.75) is 19.4 Å². The fraction of sp³-hybridized carbons (Fsp3) is 0.308. The molecule has 6 nitrogen and oxygen atoms in total. The first kappa shape index (κ1) is 25.6. The summed E-state index contributed by atoms with van der Waals surface area (Å²) < 4.78 is 11.4. The average molecular weight is 532 g/mol. The number of aliphatic imine (C=N–C) groups is 1. The Bertz CT molecular complexity index is 1210. The second-order valence-electron chi connectivity index (χ2n) is 8.43. The van der Waals surface area contributed by atoms with Crippen LogP contribution in [0.2, 0.25) is 10.0 Å². The summed E-state index contributed by atoms with van der Waals surface area (Å²) in [6.07, 6.45) is 2.69. The van der Waals surface area contributed by atoms with Gasteiger partial charge in [-0.1, -0.05) is 47.5 Å². The third-order valence-electron chi connectivity index (χ3n) is 5.73. The molecule has 2 heterocycles. The van der Waals surface area contributed by atoms with Crippen LogP contribution in [0.15, 0.2) is 64.9 Å². The number of halogens is 2. The standard InChI is InChI=1S/C26H27Cl2N3O3S/c1-16-22(25(32)34-14-8-13-30(2)3)24(17-9-5-6-12-20(17)33-4)31-15-21(35-26(31)29-16)23-18(27)10-7-11-19(23)28/h5-7,9-12,15,24H,8,13-14H2,1-4H3. The fourth-order valence-corrected chi connectivity index (χ4v) is 5.94. The molecule has 0 spiro atoms. The predicted molar refractivity (Wildman–Crippen MR) is 144 cm³/mol. The van der Waals surface area contributed by atoms with Crippen LogP contribution in [-0.4, -0.2) is 55.3 Å². The van der Waals surface area contributed by atoms with E-state index >= 15 is 0 Å². The molecule has 0 N–H and O–H groups in total. The monoisotopic (exact) mass is 531 g/mol. The van der Waals surface area contributed by atoms with Crippen LogP contribution in [0.4, 0.5) is 0 Å². The molecule has 2 aliphatic heterocycles. The lowest BCUT2D eigenvalue weighted by Crippen LogP contribution is -2.34. The first-order valence-corrected chi connectivity index (χ1v) is 12.8. The number of esters is 1. The predicted octanol–water partition coefficient (Wildman–Crippen LogP) is 6.23. The lowest BCUT2D eigenvalue weighted by molar-refractivity contribution is -0.139. The van der Waals surface area contributed by atoms with Crippen LogP contribution in [0.5, 0.6) is 5.75 Å².